The summed E-state index contributed by atoms with van der Waals surface area (Å²) in [5.74, 6) is -0.672. The summed E-state index contributed by atoms with van der Waals surface area (Å²) in [4.78, 5) is 24.0. The molecule has 0 bridgehead atoms. The van der Waals surface area contributed by atoms with Gasteiger partial charge in [0.15, 0.2) is 5.78 Å². The maximum Gasteiger partial charge on any atom is 0.313 e. The normalized spacial score (nSPS) is 11.0. The van der Waals surface area contributed by atoms with Crippen LogP contribution in [0.2, 0.25) is 0 Å². The van der Waals surface area contributed by atoms with Crippen LogP contribution < -0.4 is 0 Å². The van der Waals surface area contributed by atoms with Crippen molar-refractivity contribution in [1.29, 1.82) is 0 Å². The molecule has 0 atom stereocenters. The lowest BCUT2D eigenvalue weighted by atomic mass is 10.00. The minimum atomic E-state index is -0.470. The number of carbonyl (C=O) groups is 2. The molecule has 0 heterocycles. The zero-order valence-electron chi connectivity index (χ0n) is 12.7. The highest BCUT2D eigenvalue weighted by Crippen LogP contribution is 2.19. The Hall–Kier alpha value is -2.42. The van der Waals surface area contributed by atoms with Gasteiger partial charge >= 0.3 is 5.97 Å². The van der Waals surface area contributed by atoms with Crippen LogP contribution in [0.5, 0.6) is 0 Å². The minimum Gasteiger partial charge on any atom is -0.465 e. The number of benzene rings is 2. The molecule has 0 unspecified atom stereocenters. The molecule has 0 saturated heterocycles. The van der Waals surface area contributed by atoms with Crippen LogP contribution in [-0.2, 0) is 9.53 Å². The monoisotopic (exact) mass is 296 g/mol. The number of esters is 1. The van der Waals surface area contributed by atoms with E-state index < -0.39 is 5.97 Å². The molecule has 22 heavy (non-hydrogen) atoms. The average molecular weight is 296 g/mol. The van der Waals surface area contributed by atoms with Gasteiger partial charge in [-0.25, -0.2) is 0 Å². The zero-order valence-corrected chi connectivity index (χ0v) is 12.7. The lowest BCUT2D eigenvalue weighted by molar-refractivity contribution is -0.142. The van der Waals surface area contributed by atoms with Gasteiger partial charge in [0, 0.05) is 5.56 Å². The van der Waals surface area contributed by atoms with E-state index in [2.05, 4.69) is 0 Å². The van der Waals surface area contributed by atoms with Crippen molar-refractivity contribution in [3.05, 3.63) is 60.2 Å². The van der Waals surface area contributed by atoms with Gasteiger partial charge in [-0.05, 0) is 23.6 Å². The molecule has 0 spiro atoms. The van der Waals surface area contributed by atoms with Gasteiger partial charge in [0.2, 0.25) is 0 Å². The predicted octanol–water partition coefficient (Wildman–Crippen LogP) is 4.31. The fourth-order valence-corrected chi connectivity index (χ4v) is 2.27. The molecule has 0 fully saturated rings. The first kappa shape index (κ1) is 16.0. The molecule has 2 rings (SSSR count). The van der Waals surface area contributed by atoms with Crippen molar-refractivity contribution in [3.63, 3.8) is 0 Å². The van der Waals surface area contributed by atoms with Crippen molar-refractivity contribution in [2.24, 2.45) is 0 Å². The largest absolute Gasteiger partial charge is 0.465 e. The zero-order chi connectivity index (χ0) is 15.8. The van der Waals surface area contributed by atoms with E-state index in [-0.39, 0.29) is 12.2 Å². The van der Waals surface area contributed by atoms with Crippen LogP contribution in [0.25, 0.3) is 10.8 Å². The summed E-state index contributed by atoms with van der Waals surface area (Å²) in [6.45, 7) is 2.36. The highest BCUT2D eigenvalue weighted by molar-refractivity contribution is 6.13. The molecular weight excluding hydrogens is 276 g/mol. The van der Waals surface area contributed by atoms with E-state index in [1.807, 2.05) is 55.5 Å². The first-order chi connectivity index (χ1) is 10.7. The molecule has 0 aliphatic carbocycles. The van der Waals surface area contributed by atoms with Gasteiger partial charge in [-0.15, -0.1) is 0 Å². The average Bonchev–Trinajstić information content (AvgIpc) is 2.54. The number of allylic oxidation sites excluding steroid dienone is 1. The summed E-state index contributed by atoms with van der Waals surface area (Å²) in [6.07, 6.45) is 5.43. The molecule has 3 nitrogen and oxygen atoms in total. The van der Waals surface area contributed by atoms with Crippen LogP contribution in [-0.4, -0.2) is 18.4 Å². The first-order valence-corrected chi connectivity index (χ1v) is 7.54. The molecule has 3 heteroatoms. The number of hydrogen-bond acceptors (Lipinski definition) is 3. The molecule has 2 aromatic rings. The predicted molar refractivity (Wildman–Crippen MR) is 87.9 cm³/mol. The molecule has 0 aliphatic heterocycles. The van der Waals surface area contributed by atoms with Gasteiger partial charge in [-0.3, -0.25) is 9.59 Å². The van der Waals surface area contributed by atoms with E-state index in [4.69, 9.17) is 4.74 Å². The van der Waals surface area contributed by atoms with E-state index in [0.29, 0.717) is 18.6 Å². The van der Waals surface area contributed by atoms with Gasteiger partial charge in [0.05, 0.1) is 6.61 Å². The number of Topliss-reactive ketones (excluding diaryl/α,β-unsaturated/α-hetero) is 1. The third kappa shape index (κ3) is 4.29. The summed E-state index contributed by atoms with van der Waals surface area (Å²) in [6, 6.07) is 13.2. The Balaban J connectivity index is 1.96. The van der Waals surface area contributed by atoms with Crippen LogP contribution in [0, 0.1) is 0 Å². The fourth-order valence-electron chi connectivity index (χ4n) is 2.27. The summed E-state index contributed by atoms with van der Waals surface area (Å²) in [5, 5.41) is 1.86. The Morgan fingerprint density at radius 3 is 2.64 bits per heavy atom. The second-order valence-electron chi connectivity index (χ2n) is 5.02. The van der Waals surface area contributed by atoms with Crippen molar-refractivity contribution < 1.29 is 14.3 Å². The number of ether oxygens (including phenoxy) is 1. The summed E-state index contributed by atoms with van der Waals surface area (Å²) >= 11 is 0. The SMILES string of the molecule is CC/C=C\CCOC(=O)CC(=O)c1cccc2ccccc12. The van der Waals surface area contributed by atoms with Crippen LogP contribution in [0.3, 0.4) is 0 Å². The first-order valence-electron chi connectivity index (χ1n) is 7.54. The Bertz CT molecular complexity index is 681. The van der Waals surface area contributed by atoms with Crippen LogP contribution >= 0.6 is 0 Å². The topological polar surface area (TPSA) is 43.4 Å². The quantitative estimate of drug-likeness (QED) is 0.251. The molecule has 0 aromatic heterocycles. The molecule has 114 valence electrons. The van der Waals surface area contributed by atoms with Gasteiger partial charge in [-0.2, -0.15) is 0 Å². The highest BCUT2D eigenvalue weighted by Gasteiger charge is 2.15. The van der Waals surface area contributed by atoms with Crippen molar-refractivity contribution >= 4 is 22.5 Å². The minimum absolute atomic E-state index is 0.203. The molecule has 0 radical (unpaired) electrons. The summed E-state index contributed by atoms with van der Waals surface area (Å²) in [7, 11) is 0. The molecule has 0 aliphatic rings. The van der Waals surface area contributed by atoms with Gasteiger partial charge < -0.3 is 4.74 Å². The van der Waals surface area contributed by atoms with Crippen molar-refractivity contribution in [1.82, 2.24) is 0 Å². The second kappa shape index (κ2) is 8.13. The second-order valence-corrected chi connectivity index (χ2v) is 5.02. The number of carbonyl (C=O) groups excluding carboxylic acids is 2. The van der Waals surface area contributed by atoms with E-state index in [1.54, 1.807) is 6.07 Å². The maximum absolute atomic E-state index is 12.3. The molecule has 0 N–H and O–H groups in total. The fraction of sp³-hybridized carbons (Fsp3) is 0.263. The smallest absolute Gasteiger partial charge is 0.313 e. The Morgan fingerprint density at radius 1 is 1.05 bits per heavy atom. The highest BCUT2D eigenvalue weighted by atomic mass is 16.5. The molecule has 0 saturated carbocycles. The lowest BCUT2D eigenvalue weighted by Crippen LogP contribution is -2.12. The molecule has 2 aromatic carbocycles. The van der Waals surface area contributed by atoms with Crippen molar-refractivity contribution in [3.8, 4) is 0 Å². The van der Waals surface area contributed by atoms with E-state index >= 15 is 0 Å². The maximum atomic E-state index is 12.3. The third-order valence-corrected chi connectivity index (χ3v) is 3.34. The van der Waals surface area contributed by atoms with Crippen LogP contribution in [0.1, 0.15) is 36.5 Å². The number of rotatable bonds is 7. The Kier molecular flexibility index (Phi) is 5.90. The number of fused-ring (bicyclic) bond motifs is 1. The van der Waals surface area contributed by atoms with Crippen LogP contribution in [0.4, 0.5) is 0 Å². The van der Waals surface area contributed by atoms with Crippen molar-refractivity contribution in [2.45, 2.75) is 26.2 Å². The summed E-state index contributed by atoms with van der Waals surface area (Å²) in [5.41, 5.74) is 0.570. The van der Waals surface area contributed by atoms with Gasteiger partial charge in [0.1, 0.15) is 6.42 Å². The number of ketones is 1. The van der Waals surface area contributed by atoms with E-state index in [0.717, 1.165) is 17.2 Å². The van der Waals surface area contributed by atoms with Gasteiger partial charge in [0.25, 0.3) is 0 Å². The molecular formula is C19H20O3. The summed E-state index contributed by atoms with van der Waals surface area (Å²) < 4.78 is 5.08. The van der Waals surface area contributed by atoms with Gasteiger partial charge in [-0.1, -0.05) is 61.5 Å². The van der Waals surface area contributed by atoms with E-state index in [9.17, 15) is 9.59 Å². The van der Waals surface area contributed by atoms with Crippen LogP contribution in [0.15, 0.2) is 54.6 Å². The van der Waals surface area contributed by atoms with E-state index in [1.165, 1.54) is 0 Å². The molecule has 0 amide bonds. The number of hydrogen-bond donors (Lipinski definition) is 0. The van der Waals surface area contributed by atoms with Crippen molar-refractivity contribution in [2.75, 3.05) is 6.61 Å². The Morgan fingerprint density at radius 2 is 1.82 bits per heavy atom. The standard InChI is InChI=1S/C19H20O3/c1-2-3-4-7-13-22-19(21)14-18(20)17-12-8-10-15-9-5-6-11-16(15)17/h3-6,8-12H,2,7,13-14H2,1H3/b4-3-. The third-order valence-electron chi connectivity index (χ3n) is 3.34. The Labute approximate surface area is 130 Å². The lowest BCUT2D eigenvalue weighted by Gasteiger charge is -2.06.